The Labute approximate surface area is 116 Å². The lowest BCUT2D eigenvalue weighted by atomic mass is 10.1. The normalized spacial score (nSPS) is 22.9. The SMILES string of the molecule is O=[N+]([O-])c1ccc(F)cc1NCC1CCN(C2CC2)C1. The van der Waals surface area contributed by atoms with E-state index in [9.17, 15) is 14.5 Å². The first-order chi connectivity index (χ1) is 9.63. The summed E-state index contributed by atoms with van der Waals surface area (Å²) in [4.78, 5) is 12.9. The highest BCUT2D eigenvalue weighted by Crippen LogP contribution is 2.32. The number of hydrogen-bond donors (Lipinski definition) is 1. The summed E-state index contributed by atoms with van der Waals surface area (Å²) < 4.78 is 13.2. The second kappa shape index (κ2) is 5.36. The first-order valence-electron chi connectivity index (χ1n) is 7.05. The molecule has 0 spiro atoms. The maximum Gasteiger partial charge on any atom is 0.292 e. The van der Waals surface area contributed by atoms with E-state index in [-0.39, 0.29) is 11.4 Å². The van der Waals surface area contributed by atoms with Gasteiger partial charge in [-0.05, 0) is 37.8 Å². The minimum atomic E-state index is -0.479. The average molecular weight is 279 g/mol. The summed E-state index contributed by atoms with van der Waals surface area (Å²) >= 11 is 0. The number of likely N-dealkylation sites (tertiary alicyclic amines) is 1. The fourth-order valence-electron chi connectivity index (χ4n) is 2.86. The van der Waals surface area contributed by atoms with Gasteiger partial charge in [0, 0.05) is 31.3 Å². The Hall–Kier alpha value is -1.69. The van der Waals surface area contributed by atoms with E-state index in [1.807, 2.05) is 0 Å². The molecule has 2 aliphatic rings. The highest BCUT2D eigenvalue weighted by Gasteiger charge is 2.34. The molecule has 5 nitrogen and oxygen atoms in total. The van der Waals surface area contributed by atoms with Gasteiger partial charge in [0.1, 0.15) is 11.5 Å². The van der Waals surface area contributed by atoms with Crippen LogP contribution in [-0.4, -0.2) is 35.5 Å². The lowest BCUT2D eigenvalue weighted by Crippen LogP contribution is -2.24. The molecule has 1 heterocycles. The second-order valence-electron chi connectivity index (χ2n) is 5.68. The standard InChI is InChI=1S/C14H18FN3O2/c15-11-1-4-14(18(19)20)13(7-11)16-8-10-5-6-17(9-10)12-2-3-12/h1,4,7,10,12,16H,2-3,5-6,8-9H2. The number of anilines is 1. The van der Waals surface area contributed by atoms with E-state index in [4.69, 9.17) is 0 Å². The Kier molecular flexibility index (Phi) is 3.56. The largest absolute Gasteiger partial charge is 0.379 e. The summed E-state index contributed by atoms with van der Waals surface area (Å²) in [6.45, 7) is 2.82. The van der Waals surface area contributed by atoms with Crippen molar-refractivity contribution in [3.8, 4) is 0 Å². The zero-order valence-electron chi connectivity index (χ0n) is 11.2. The third kappa shape index (κ3) is 2.90. The van der Waals surface area contributed by atoms with Crippen molar-refractivity contribution in [3.05, 3.63) is 34.1 Å². The summed E-state index contributed by atoms with van der Waals surface area (Å²) in [6.07, 6.45) is 3.71. The van der Waals surface area contributed by atoms with Crippen LogP contribution in [0.2, 0.25) is 0 Å². The highest BCUT2D eigenvalue weighted by molar-refractivity contribution is 5.61. The van der Waals surface area contributed by atoms with E-state index in [1.54, 1.807) is 0 Å². The quantitative estimate of drug-likeness (QED) is 0.665. The number of nitrogens with zero attached hydrogens (tertiary/aromatic N) is 2. The van der Waals surface area contributed by atoms with Gasteiger partial charge in [0.2, 0.25) is 0 Å². The summed E-state index contributed by atoms with van der Waals surface area (Å²) in [6, 6.07) is 4.30. The van der Waals surface area contributed by atoms with Gasteiger partial charge in [0.05, 0.1) is 4.92 Å². The van der Waals surface area contributed by atoms with Crippen LogP contribution in [0.25, 0.3) is 0 Å². The molecular weight excluding hydrogens is 261 g/mol. The molecule has 2 fully saturated rings. The van der Waals surface area contributed by atoms with Crippen molar-refractivity contribution in [1.82, 2.24) is 4.90 Å². The van der Waals surface area contributed by atoms with Crippen LogP contribution in [-0.2, 0) is 0 Å². The number of nitrogens with one attached hydrogen (secondary N) is 1. The predicted octanol–water partition coefficient (Wildman–Crippen LogP) is 2.63. The molecular formula is C14H18FN3O2. The second-order valence-corrected chi connectivity index (χ2v) is 5.68. The molecule has 3 rings (SSSR count). The molecule has 1 saturated carbocycles. The van der Waals surface area contributed by atoms with Gasteiger partial charge in [0.25, 0.3) is 5.69 Å². The zero-order chi connectivity index (χ0) is 14.1. The number of rotatable bonds is 5. The van der Waals surface area contributed by atoms with E-state index in [0.29, 0.717) is 12.5 Å². The topological polar surface area (TPSA) is 58.4 Å². The molecule has 20 heavy (non-hydrogen) atoms. The fourth-order valence-corrected chi connectivity index (χ4v) is 2.86. The van der Waals surface area contributed by atoms with E-state index >= 15 is 0 Å². The number of nitro benzene ring substituents is 1. The van der Waals surface area contributed by atoms with Gasteiger partial charge in [-0.2, -0.15) is 0 Å². The van der Waals surface area contributed by atoms with Crippen LogP contribution in [0.15, 0.2) is 18.2 Å². The molecule has 0 amide bonds. The van der Waals surface area contributed by atoms with Crippen molar-refractivity contribution >= 4 is 11.4 Å². The van der Waals surface area contributed by atoms with Crippen LogP contribution >= 0.6 is 0 Å². The molecule has 1 aliphatic heterocycles. The maximum atomic E-state index is 13.2. The molecule has 1 saturated heterocycles. The Morgan fingerprint density at radius 1 is 1.40 bits per heavy atom. The lowest BCUT2D eigenvalue weighted by molar-refractivity contribution is -0.384. The van der Waals surface area contributed by atoms with Gasteiger partial charge in [-0.15, -0.1) is 0 Å². The molecule has 0 aromatic heterocycles. The number of halogens is 1. The van der Waals surface area contributed by atoms with Crippen LogP contribution in [0, 0.1) is 21.8 Å². The lowest BCUT2D eigenvalue weighted by Gasteiger charge is -2.15. The summed E-state index contributed by atoms with van der Waals surface area (Å²) in [5.41, 5.74) is 0.211. The van der Waals surface area contributed by atoms with Crippen molar-refractivity contribution in [2.45, 2.75) is 25.3 Å². The predicted molar refractivity (Wildman–Crippen MR) is 74.2 cm³/mol. The minimum absolute atomic E-state index is 0.0663. The molecule has 1 unspecified atom stereocenters. The smallest absolute Gasteiger partial charge is 0.292 e. The van der Waals surface area contributed by atoms with Gasteiger partial charge >= 0.3 is 0 Å². The molecule has 0 bridgehead atoms. The van der Waals surface area contributed by atoms with Crippen LogP contribution in [0.3, 0.4) is 0 Å². The van der Waals surface area contributed by atoms with Crippen molar-refractivity contribution < 1.29 is 9.31 Å². The highest BCUT2D eigenvalue weighted by atomic mass is 19.1. The molecule has 1 aromatic rings. The molecule has 1 atom stereocenters. The fraction of sp³-hybridized carbons (Fsp3) is 0.571. The van der Waals surface area contributed by atoms with E-state index in [1.165, 1.54) is 25.0 Å². The zero-order valence-corrected chi connectivity index (χ0v) is 11.2. The molecule has 6 heteroatoms. The van der Waals surface area contributed by atoms with Gasteiger partial charge < -0.3 is 10.2 Å². The number of benzene rings is 1. The van der Waals surface area contributed by atoms with Crippen molar-refractivity contribution in [1.29, 1.82) is 0 Å². The van der Waals surface area contributed by atoms with Crippen LogP contribution in [0.5, 0.6) is 0 Å². The minimum Gasteiger partial charge on any atom is -0.379 e. The van der Waals surface area contributed by atoms with Crippen LogP contribution in [0.1, 0.15) is 19.3 Å². The van der Waals surface area contributed by atoms with Gasteiger partial charge in [0.15, 0.2) is 0 Å². The first-order valence-corrected chi connectivity index (χ1v) is 7.05. The van der Waals surface area contributed by atoms with Gasteiger partial charge in [-0.1, -0.05) is 0 Å². The summed E-state index contributed by atoms with van der Waals surface area (Å²) in [5.74, 6) is 0.0302. The Bertz CT molecular complexity index is 519. The number of hydrogen-bond acceptors (Lipinski definition) is 4. The van der Waals surface area contributed by atoms with Crippen molar-refractivity contribution in [2.75, 3.05) is 25.0 Å². The Balaban J connectivity index is 1.60. The Morgan fingerprint density at radius 2 is 2.20 bits per heavy atom. The van der Waals surface area contributed by atoms with Crippen LogP contribution < -0.4 is 5.32 Å². The van der Waals surface area contributed by atoms with E-state index in [2.05, 4.69) is 10.2 Å². The molecule has 1 N–H and O–H groups in total. The van der Waals surface area contributed by atoms with E-state index in [0.717, 1.165) is 31.6 Å². The molecule has 1 aromatic carbocycles. The summed E-state index contributed by atoms with van der Waals surface area (Å²) in [5, 5.41) is 14.0. The third-order valence-corrected chi connectivity index (χ3v) is 4.12. The number of nitro groups is 1. The average Bonchev–Trinajstić information content (AvgIpc) is 3.15. The van der Waals surface area contributed by atoms with E-state index < -0.39 is 10.7 Å². The molecule has 108 valence electrons. The Morgan fingerprint density at radius 3 is 2.90 bits per heavy atom. The van der Waals surface area contributed by atoms with Crippen molar-refractivity contribution in [3.63, 3.8) is 0 Å². The first kappa shape index (κ1) is 13.3. The monoisotopic (exact) mass is 279 g/mol. The maximum absolute atomic E-state index is 13.2. The third-order valence-electron chi connectivity index (χ3n) is 4.12. The van der Waals surface area contributed by atoms with Crippen molar-refractivity contribution in [2.24, 2.45) is 5.92 Å². The van der Waals surface area contributed by atoms with Gasteiger partial charge in [-0.3, -0.25) is 10.1 Å². The van der Waals surface area contributed by atoms with Crippen LogP contribution in [0.4, 0.5) is 15.8 Å². The molecule has 0 radical (unpaired) electrons. The molecule has 1 aliphatic carbocycles. The summed E-state index contributed by atoms with van der Waals surface area (Å²) in [7, 11) is 0. The van der Waals surface area contributed by atoms with Gasteiger partial charge in [-0.25, -0.2) is 4.39 Å².